The van der Waals surface area contributed by atoms with Crippen molar-refractivity contribution in [1.82, 2.24) is 5.32 Å². The van der Waals surface area contributed by atoms with E-state index in [0.717, 1.165) is 5.56 Å². The summed E-state index contributed by atoms with van der Waals surface area (Å²) in [6.07, 6.45) is 0. The average molecular weight is 398 g/mol. The molecule has 2 amide bonds. The normalized spacial score (nSPS) is 10.9. The van der Waals surface area contributed by atoms with E-state index in [1.807, 2.05) is 6.92 Å². The van der Waals surface area contributed by atoms with Crippen LogP contribution < -0.4 is 15.4 Å². The first-order valence-electron chi connectivity index (χ1n) is 6.69. The highest BCUT2D eigenvalue weighted by Gasteiger charge is 2.18. The number of anilines is 2. The van der Waals surface area contributed by atoms with Gasteiger partial charge in [0, 0.05) is 17.2 Å². The van der Waals surface area contributed by atoms with Crippen LogP contribution in [0.25, 0.3) is 0 Å². The topological polar surface area (TPSA) is 87.3 Å². The predicted octanol–water partition coefficient (Wildman–Crippen LogP) is 3.31. The molecule has 0 saturated heterocycles. The van der Waals surface area contributed by atoms with E-state index in [9.17, 15) is 13.2 Å². The molecule has 0 spiro atoms. The molecule has 0 aliphatic rings. The zero-order valence-electron chi connectivity index (χ0n) is 12.6. The molecule has 122 valence electrons. The van der Waals surface area contributed by atoms with E-state index in [-0.39, 0.29) is 10.9 Å². The average Bonchev–Trinajstić information content (AvgIpc) is 2.46. The standard InChI is InChI=1S/C15H16BrN3O3S/c1-10-6-7-14(13(16)8-10)23(21,22)19-12-5-3-4-11(9-12)18-15(20)17-2/h3-9,19H,1-2H3,(H2,17,18,20). The van der Waals surface area contributed by atoms with Gasteiger partial charge < -0.3 is 10.6 Å². The fourth-order valence-corrected chi connectivity index (χ4v) is 4.13. The number of nitrogens with one attached hydrogen (secondary N) is 3. The number of rotatable bonds is 4. The van der Waals surface area contributed by atoms with Crippen LogP contribution in [0.15, 0.2) is 51.8 Å². The van der Waals surface area contributed by atoms with Gasteiger partial charge in [-0.1, -0.05) is 12.1 Å². The minimum Gasteiger partial charge on any atom is -0.341 e. The van der Waals surface area contributed by atoms with Crippen molar-refractivity contribution in [1.29, 1.82) is 0 Å². The molecule has 0 radical (unpaired) electrons. The largest absolute Gasteiger partial charge is 0.341 e. The van der Waals surface area contributed by atoms with Crippen molar-refractivity contribution in [2.24, 2.45) is 0 Å². The van der Waals surface area contributed by atoms with Crippen molar-refractivity contribution in [2.45, 2.75) is 11.8 Å². The summed E-state index contributed by atoms with van der Waals surface area (Å²) in [6, 6.07) is 11.1. The number of amides is 2. The van der Waals surface area contributed by atoms with Gasteiger partial charge in [-0.15, -0.1) is 0 Å². The molecular formula is C15H16BrN3O3S. The van der Waals surface area contributed by atoms with Crippen molar-refractivity contribution in [3.8, 4) is 0 Å². The Kier molecular flexibility index (Phi) is 5.27. The zero-order valence-corrected chi connectivity index (χ0v) is 15.0. The second kappa shape index (κ2) is 7.01. The Morgan fingerprint density at radius 3 is 2.43 bits per heavy atom. The molecule has 2 aromatic rings. The first-order chi connectivity index (χ1) is 10.8. The maximum atomic E-state index is 12.5. The zero-order chi connectivity index (χ0) is 17.0. The third-order valence-corrected chi connectivity index (χ3v) is 5.33. The number of carbonyl (C=O) groups excluding carboxylic acids is 1. The van der Waals surface area contributed by atoms with Gasteiger partial charge >= 0.3 is 6.03 Å². The van der Waals surface area contributed by atoms with Crippen molar-refractivity contribution in [3.05, 3.63) is 52.5 Å². The van der Waals surface area contributed by atoms with Gasteiger partial charge in [-0.05, 0) is 58.7 Å². The Morgan fingerprint density at radius 2 is 1.78 bits per heavy atom. The van der Waals surface area contributed by atoms with Crippen LogP contribution in [0, 0.1) is 6.92 Å². The van der Waals surface area contributed by atoms with E-state index >= 15 is 0 Å². The van der Waals surface area contributed by atoms with Crippen LogP contribution in [-0.4, -0.2) is 21.5 Å². The SMILES string of the molecule is CNC(=O)Nc1cccc(NS(=O)(=O)c2ccc(C)cc2Br)c1. The van der Waals surface area contributed by atoms with Gasteiger partial charge in [0.25, 0.3) is 10.0 Å². The molecule has 0 unspecified atom stereocenters. The summed E-state index contributed by atoms with van der Waals surface area (Å²) in [4.78, 5) is 11.5. The molecule has 0 saturated carbocycles. The summed E-state index contributed by atoms with van der Waals surface area (Å²) >= 11 is 3.27. The summed E-state index contributed by atoms with van der Waals surface area (Å²) in [5.41, 5.74) is 1.78. The number of halogens is 1. The van der Waals surface area contributed by atoms with Gasteiger partial charge in [0.05, 0.1) is 5.69 Å². The van der Waals surface area contributed by atoms with Crippen LogP contribution in [0.3, 0.4) is 0 Å². The van der Waals surface area contributed by atoms with Crippen molar-refractivity contribution < 1.29 is 13.2 Å². The molecule has 8 heteroatoms. The van der Waals surface area contributed by atoms with Crippen LogP contribution in [0.2, 0.25) is 0 Å². The molecule has 0 aliphatic heterocycles. The monoisotopic (exact) mass is 397 g/mol. The maximum absolute atomic E-state index is 12.5. The summed E-state index contributed by atoms with van der Waals surface area (Å²) in [6.45, 7) is 1.88. The van der Waals surface area contributed by atoms with E-state index < -0.39 is 10.0 Å². The van der Waals surface area contributed by atoms with E-state index in [2.05, 4.69) is 31.3 Å². The van der Waals surface area contributed by atoms with Gasteiger partial charge in [-0.2, -0.15) is 0 Å². The number of sulfonamides is 1. The molecule has 0 fully saturated rings. The van der Waals surface area contributed by atoms with Crippen molar-refractivity contribution in [3.63, 3.8) is 0 Å². The first kappa shape index (κ1) is 17.3. The van der Waals surface area contributed by atoms with Crippen molar-refractivity contribution in [2.75, 3.05) is 17.1 Å². The summed E-state index contributed by atoms with van der Waals surface area (Å²) in [5, 5.41) is 5.01. The Labute approximate surface area is 143 Å². The predicted molar refractivity (Wildman–Crippen MR) is 94.2 cm³/mol. The molecule has 23 heavy (non-hydrogen) atoms. The Hall–Kier alpha value is -2.06. The lowest BCUT2D eigenvalue weighted by Crippen LogP contribution is -2.24. The molecule has 2 aromatic carbocycles. The molecule has 6 nitrogen and oxygen atoms in total. The van der Waals surface area contributed by atoms with Crippen LogP contribution in [0.4, 0.5) is 16.2 Å². The summed E-state index contributed by atoms with van der Waals surface area (Å²) in [5.74, 6) is 0. The third-order valence-electron chi connectivity index (χ3n) is 2.98. The molecule has 0 aliphatic carbocycles. The minimum atomic E-state index is -3.74. The number of hydrogen-bond acceptors (Lipinski definition) is 3. The maximum Gasteiger partial charge on any atom is 0.318 e. The fraction of sp³-hybridized carbons (Fsp3) is 0.133. The lowest BCUT2D eigenvalue weighted by Gasteiger charge is -2.11. The van der Waals surface area contributed by atoms with Crippen LogP contribution >= 0.6 is 15.9 Å². The fourth-order valence-electron chi connectivity index (χ4n) is 1.89. The highest BCUT2D eigenvalue weighted by Crippen LogP contribution is 2.26. The van der Waals surface area contributed by atoms with E-state index in [1.165, 1.54) is 19.2 Å². The van der Waals surface area contributed by atoms with Crippen molar-refractivity contribution >= 4 is 43.4 Å². The van der Waals surface area contributed by atoms with E-state index in [4.69, 9.17) is 0 Å². The molecule has 0 bridgehead atoms. The number of carbonyl (C=O) groups is 1. The smallest absolute Gasteiger partial charge is 0.318 e. The number of benzene rings is 2. The number of aryl methyl sites for hydroxylation is 1. The van der Waals surface area contributed by atoms with Gasteiger partial charge in [0.1, 0.15) is 4.90 Å². The number of hydrogen-bond donors (Lipinski definition) is 3. The van der Waals surface area contributed by atoms with Gasteiger partial charge in [-0.25, -0.2) is 13.2 Å². The second-order valence-corrected chi connectivity index (χ2v) is 7.33. The summed E-state index contributed by atoms with van der Waals surface area (Å²) < 4.78 is 28.0. The molecule has 3 N–H and O–H groups in total. The molecule has 0 aromatic heterocycles. The quantitative estimate of drug-likeness (QED) is 0.739. The summed E-state index contributed by atoms with van der Waals surface area (Å²) in [7, 11) is -2.24. The molecule has 2 rings (SSSR count). The number of urea groups is 1. The molecule has 0 heterocycles. The van der Waals surface area contributed by atoms with E-state index in [1.54, 1.807) is 30.3 Å². The minimum absolute atomic E-state index is 0.146. The Bertz CT molecular complexity index is 838. The van der Waals surface area contributed by atoms with Gasteiger partial charge in [0.2, 0.25) is 0 Å². The molecular weight excluding hydrogens is 382 g/mol. The Morgan fingerprint density at radius 1 is 1.09 bits per heavy atom. The first-order valence-corrected chi connectivity index (χ1v) is 8.97. The lowest BCUT2D eigenvalue weighted by atomic mass is 10.2. The molecule has 0 atom stereocenters. The Balaban J connectivity index is 2.27. The van der Waals surface area contributed by atoms with Crippen LogP contribution in [0.5, 0.6) is 0 Å². The highest BCUT2D eigenvalue weighted by atomic mass is 79.9. The van der Waals surface area contributed by atoms with E-state index in [0.29, 0.717) is 15.8 Å². The van der Waals surface area contributed by atoms with Gasteiger partial charge in [-0.3, -0.25) is 4.72 Å². The second-order valence-electron chi connectivity index (χ2n) is 4.82. The highest BCUT2D eigenvalue weighted by molar-refractivity contribution is 9.10. The van der Waals surface area contributed by atoms with Gasteiger partial charge in [0.15, 0.2) is 0 Å². The lowest BCUT2D eigenvalue weighted by molar-refractivity contribution is 0.254. The van der Waals surface area contributed by atoms with Crippen LogP contribution in [-0.2, 0) is 10.0 Å². The van der Waals surface area contributed by atoms with Crippen LogP contribution in [0.1, 0.15) is 5.56 Å². The third kappa shape index (κ3) is 4.46.